The lowest BCUT2D eigenvalue weighted by atomic mass is 9.94. The van der Waals surface area contributed by atoms with Crippen LogP contribution in [0.25, 0.3) is 10.9 Å². The molecule has 0 amide bonds. The van der Waals surface area contributed by atoms with Gasteiger partial charge in [-0.15, -0.1) is 0 Å². The second-order valence-electron chi connectivity index (χ2n) is 9.60. The molecule has 1 atom stereocenters. The summed E-state index contributed by atoms with van der Waals surface area (Å²) in [5.74, 6) is -0.634. The molecule has 204 valence electrons. The van der Waals surface area contributed by atoms with Gasteiger partial charge in [0, 0.05) is 72.3 Å². The number of benzene rings is 1. The predicted molar refractivity (Wildman–Crippen MR) is 145 cm³/mol. The van der Waals surface area contributed by atoms with Crippen LogP contribution >= 0.6 is 23.4 Å². The quantitative estimate of drug-likeness (QED) is 0.355. The van der Waals surface area contributed by atoms with E-state index in [0.717, 1.165) is 60.1 Å². The molecule has 1 aromatic carbocycles. The summed E-state index contributed by atoms with van der Waals surface area (Å²) in [6, 6.07) is 5.07. The average molecular weight is 576 g/mol. The largest absolute Gasteiger partial charge is 0.451 e. The van der Waals surface area contributed by atoms with Crippen molar-refractivity contribution in [2.75, 3.05) is 55.8 Å². The van der Waals surface area contributed by atoms with Gasteiger partial charge in [-0.3, -0.25) is 0 Å². The topological polar surface area (TPSA) is 90.0 Å². The van der Waals surface area contributed by atoms with E-state index >= 15 is 0 Å². The first-order chi connectivity index (χ1) is 18.7. The van der Waals surface area contributed by atoms with E-state index < -0.39 is 18.0 Å². The lowest BCUT2D eigenvalue weighted by molar-refractivity contribution is -0.145. The summed E-state index contributed by atoms with van der Waals surface area (Å²) in [6.07, 6.45) is 0.982. The van der Waals surface area contributed by atoms with Crippen molar-refractivity contribution in [3.63, 3.8) is 0 Å². The van der Waals surface area contributed by atoms with Crippen LogP contribution in [0.2, 0.25) is 5.02 Å². The van der Waals surface area contributed by atoms with Crippen LogP contribution in [0.4, 0.5) is 25.1 Å². The molecule has 2 aliphatic heterocycles. The van der Waals surface area contributed by atoms with Crippen LogP contribution in [0.5, 0.6) is 0 Å². The molecule has 2 aliphatic rings. The van der Waals surface area contributed by atoms with Gasteiger partial charge in [-0.2, -0.15) is 28.1 Å². The zero-order valence-corrected chi connectivity index (χ0v) is 22.8. The number of likely N-dealkylation sites (N-methyl/N-ethyl adjacent to an activating group) is 1. The first-order valence-corrected chi connectivity index (χ1v) is 14.0. The first kappa shape index (κ1) is 26.1. The molecule has 0 radical (unpaired) electrons. The monoisotopic (exact) mass is 575 g/mol. The van der Waals surface area contributed by atoms with Crippen LogP contribution < -0.4 is 9.80 Å². The summed E-state index contributed by atoms with van der Waals surface area (Å²) in [7, 11) is 2.08. The molecule has 3 aromatic heterocycles. The summed E-state index contributed by atoms with van der Waals surface area (Å²) in [6.45, 7) is 3.86. The van der Waals surface area contributed by atoms with Crippen molar-refractivity contribution in [3.8, 4) is 0 Å². The highest BCUT2D eigenvalue weighted by Crippen LogP contribution is 2.41. The van der Waals surface area contributed by atoms with Crippen molar-refractivity contribution in [3.05, 3.63) is 58.3 Å². The smallest absolute Gasteiger partial charge is 0.356 e. The number of H-pyrrole nitrogens is 1. The Hall–Kier alpha value is -3.16. The van der Waals surface area contributed by atoms with E-state index in [1.54, 1.807) is 29.6 Å². The molecule has 4 aromatic rings. The Labute approximate surface area is 231 Å². The SMILES string of the molecule is CSc1nc(N2CCc3c([nH]c4ccc(Cl)cc34)C2c2cnc(N3CCN(C)CC3)nc2)nc(C(F)(F)F)n1. The molecule has 0 saturated carbocycles. The molecule has 1 unspecified atom stereocenters. The molecule has 0 aliphatic carbocycles. The number of nitrogens with zero attached hydrogens (tertiary/aromatic N) is 8. The Kier molecular flexibility index (Phi) is 6.76. The second-order valence-corrected chi connectivity index (χ2v) is 10.8. The standard InChI is InChI=1S/C25H25ClF3N9S/c1-36-7-9-37(10-8-36)22-30-12-14(13-31-22)20-19-16(17-11-15(26)3-4-18(17)32-19)5-6-38(20)23-33-21(25(27,28)29)34-24(35-23)39-2/h3-4,11-13,20,32H,5-10H2,1-2H3. The van der Waals surface area contributed by atoms with Crippen LogP contribution in [0.1, 0.15) is 28.7 Å². The zero-order chi connectivity index (χ0) is 27.3. The molecule has 5 heterocycles. The number of anilines is 2. The van der Waals surface area contributed by atoms with Gasteiger partial charge in [0.15, 0.2) is 5.16 Å². The van der Waals surface area contributed by atoms with Gasteiger partial charge in [-0.25, -0.2) is 9.97 Å². The third-order valence-corrected chi connectivity index (χ3v) is 7.93. The molecule has 1 saturated heterocycles. The number of nitrogens with one attached hydrogen (secondary N) is 1. The predicted octanol–water partition coefficient (Wildman–Crippen LogP) is 4.44. The summed E-state index contributed by atoms with van der Waals surface area (Å²) in [4.78, 5) is 30.8. The van der Waals surface area contributed by atoms with Crippen LogP contribution in [0.15, 0.2) is 35.7 Å². The zero-order valence-electron chi connectivity index (χ0n) is 21.2. The minimum atomic E-state index is -4.70. The van der Waals surface area contributed by atoms with Crippen molar-refractivity contribution in [2.45, 2.75) is 23.8 Å². The molecule has 1 fully saturated rings. The molecule has 9 nitrogen and oxygen atoms in total. The number of rotatable bonds is 4. The number of aromatic amines is 1. The molecule has 1 N–H and O–H groups in total. The number of fused-ring (bicyclic) bond motifs is 3. The number of hydrogen-bond donors (Lipinski definition) is 1. The highest BCUT2D eigenvalue weighted by atomic mass is 35.5. The van der Waals surface area contributed by atoms with E-state index in [9.17, 15) is 13.2 Å². The third kappa shape index (κ3) is 4.98. The van der Waals surface area contributed by atoms with Crippen molar-refractivity contribution in [1.82, 2.24) is 34.8 Å². The van der Waals surface area contributed by atoms with Crippen molar-refractivity contribution < 1.29 is 13.2 Å². The lowest BCUT2D eigenvalue weighted by Crippen LogP contribution is -2.45. The van der Waals surface area contributed by atoms with Gasteiger partial charge < -0.3 is 19.7 Å². The minimum Gasteiger partial charge on any atom is -0.356 e. The molecule has 6 rings (SSSR count). The maximum atomic E-state index is 13.7. The molecular formula is C25H25ClF3N9S. The summed E-state index contributed by atoms with van der Waals surface area (Å²) >= 11 is 7.34. The van der Waals surface area contributed by atoms with Gasteiger partial charge in [0.2, 0.25) is 17.7 Å². The van der Waals surface area contributed by atoms with Crippen molar-refractivity contribution >= 4 is 46.2 Å². The Morgan fingerprint density at radius 3 is 2.44 bits per heavy atom. The highest BCUT2D eigenvalue weighted by Gasteiger charge is 2.39. The molecule has 39 heavy (non-hydrogen) atoms. The molecule has 14 heteroatoms. The van der Waals surface area contributed by atoms with Gasteiger partial charge in [-0.1, -0.05) is 23.4 Å². The summed E-state index contributed by atoms with van der Waals surface area (Å²) in [5, 5.41) is 1.59. The van der Waals surface area contributed by atoms with Gasteiger partial charge >= 0.3 is 6.18 Å². The van der Waals surface area contributed by atoms with E-state index in [0.29, 0.717) is 29.5 Å². The fraction of sp³-hybridized carbons (Fsp3) is 0.400. The number of thioether (sulfide) groups is 1. The van der Waals surface area contributed by atoms with E-state index in [1.165, 1.54) is 0 Å². The van der Waals surface area contributed by atoms with Gasteiger partial charge in [-0.05, 0) is 43.5 Å². The summed E-state index contributed by atoms with van der Waals surface area (Å²) in [5.41, 5.74) is 3.48. The van der Waals surface area contributed by atoms with E-state index in [-0.39, 0.29) is 11.1 Å². The normalized spacial score (nSPS) is 18.6. The van der Waals surface area contributed by atoms with Gasteiger partial charge in [0.25, 0.3) is 0 Å². The number of halogens is 4. The number of hydrogen-bond acceptors (Lipinski definition) is 9. The van der Waals surface area contributed by atoms with E-state index in [1.807, 2.05) is 12.1 Å². The minimum absolute atomic E-state index is 0.00182. The molecular weight excluding hydrogens is 551 g/mol. The number of alkyl halides is 3. The molecule has 0 spiro atoms. The van der Waals surface area contributed by atoms with Crippen molar-refractivity contribution in [2.24, 2.45) is 0 Å². The van der Waals surface area contributed by atoms with Crippen LogP contribution in [-0.4, -0.2) is 80.8 Å². The maximum absolute atomic E-state index is 13.7. The lowest BCUT2D eigenvalue weighted by Gasteiger charge is -2.36. The van der Waals surface area contributed by atoms with Gasteiger partial charge in [0.05, 0.1) is 0 Å². The fourth-order valence-corrected chi connectivity index (χ4v) is 5.68. The Morgan fingerprint density at radius 1 is 1.00 bits per heavy atom. The first-order valence-electron chi connectivity index (χ1n) is 12.4. The van der Waals surface area contributed by atoms with Crippen LogP contribution in [-0.2, 0) is 12.6 Å². The second kappa shape index (κ2) is 10.1. The highest BCUT2D eigenvalue weighted by molar-refractivity contribution is 7.98. The maximum Gasteiger partial charge on any atom is 0.451 e. The van der Waals surface area contributed by atoms with Crippen molar-refractivity contribution in [1.29, 1.82) is 0 Å². The van der Waals surface area contributed by atoms with E-state index in [4.69, 9.17) is 11.6 Å². The van der Waals surface area contributed by atoms with Crippen LogP contribution in [0.3, 0.4) is 0 Å². The Bertz CT molecular complexity index is 1500. The third-order valence-electron chi connectivity index (χ3n) is 7.15. The van der Waals surface area contributed by atoms with Crippen LogP contribution in [0, 0.1) is 0 Å². The number of aromatic nitrogens is 6. The molecule has 0 bridgehead atoms. The fourth-order valence-electron chi connectivity index (χ4n) is 5.16. The summed E-state index contributed by atoms with van der Waals surface area (Å²) < 4.78 is 41.1. The van der Waals surface area contributed by atoms with E-state index in [2.05, 4.69) is 46.8 Å². The Morgan fingerprint density at radius 2 is 1.74 bits per heavy atom. The van der Waals surface area contributed by atoms with Gasteiger partial charge in [0.1, 0.15) is 6.04 Å². The Balaban J connectivity index is 1.46. The number of piperazine rings is 1. The average Bonchev–Trinajstić information content (AvgIpc) is 3.30.